The lowest BCUT2D eigenvalue weighted by Gasteiger charge is -2.27. The highest BCUT2D eigenvalue weighted by Crippen LogP contribution is 2.40. The summed E-state index contributed by atoms with van der Waals surface area (Å²) >= 11 is 0. The molecule has 0 aromatic heterocycles. The minimum atomic E-state index is -0.488. The van der Waals surface area contributed by atoms with Gasteiger partial charge < -0.3 is 11.1 Å². The lowest BCUT2D eigenvalue weighted by Crippen LogP contribution is -2.35. The number of hydrogen-bond donors (Lipinski definition) is 2. The smallest absolute Gasteiger partial charge is 0.251 e. The second kappa shape index (κ2) is 6.57. The van der Waals surface area contributed by atoms with E-state index in [-0.39, 0.29) is 11.3 Å². The number of primary amides is 1. The summed E-state index contributed by atoms with van der Waals surface area (Å²) in [6.45, 7) is 4.50. The maximum absolute atomic E-state index is 12.2. The van der Waals surface area contributed by atoms with Crippen LogP contribution in [0, 0.1) is 5.41 Å². The van der Waals surface area contributed by atoms with Gasteiger partial charge in [-0.05, 0) is 48.9 Å². The molecule has 1 saturated carbocycles. The molecule has 1 fully saturated rings. The van der Waals surface area contributed by atoms with Gasteiger partial charge in [-0.25, -0.2) is 0 Å². The van der Waals surface area contributed by atoms with Crippen molar-refractivity contribution in [2.24, 2.45) is 11.1 Å². The van der Waals surface area contributed by atoms with Gasteiger partial charge in [0.2, 0.25) is 5.91 Å². The molecule has 0 spiro atoms. The number of nitrogens with two attached hydrogens (primary N) is 1. The molecular weight excluding hydrogens is 264 g/mol. The predicted molar refractivity (Wildman–Crippen MR) is 83.0 cm³/mol. The van der Waals surface area contributed by atoms with Crippen LogP contribution in [-0.2, 0) is 0 Å². The SMILES string of the molecule is C=CCC1(CNC(=O)c2ccc(C(N)=O)cc2)CCCC1. The first-order valence-corrected chi connectivity index (χ1v) is 7.35. The van der Waals surface area contributed by atoms with Crippen LogP contribution in [0.2, 0.25) is 0 Å². The van der Waals surface area contributed by atoms with Crippen molar-refractivity contribution in [3.05, 3.63) is 48.0 Å². The van der Waals surface area contributed by atoms with Gasteiger partial charge in [0, 0.05) is 17.7 Å². The Bertz CT molecular complexity index is 528. The first-order chi connectivity index (χ1) is 10.1. The van der Waals surface area contributed by atoms with Crippen molar-refractivity contribution in [1.82, 2.24) is 5.32 Å². The standard InChI is InChI=1S/C17H22N2O2/c1-2-9-17(10-3-4-11-17)12-19-16(21)14-7-5-13(6-8-14)15(18)20/h2,5-8H,1,3-4,9-12H2,(H2,18,20)(H,19,21). The minimum Gasteiger partial charge on any atom is -0.366 e. The van der Waals surface area contributed by atoms with Crippen molar-refractivity contribution in [2.75, 3.05) is 6.54 Å². The van der Waals surface area contributed by atoms with Crippen LogP contribution in [0.3, 0.4) is 0 Å². The molecule has 4 heteroatoms. The number of carbonyl (C=O) groups is 2. The highest BCUT2D eigenvalue weighted by molar-refractivity contribution is 5.97. The van der Waals surface area contributed by atoms with Gasteiger partial charge in [0.25, 0.3) is 5.91 Å². The number of allylic oxidation sites excluding steroid dienone is 1. The number of nitrogens with one attached hydrogen (secondary N) is 1. The third-order valence-corrected chi connectivity index (χ3v) is 4.30. The molecule has 3 N–H and O–H groups in total. The highest BCUT2D eigenvalue weighted by Gasteiger charge is 2.32. The topological polar surface area (TPSA) is 72.2 Å². The zero-order valence-corrected chi connectivity index (χ0v) is 12.2. The Morgan fingerprint density at radius 3 is 2.29 bits per heavy atom. The average molecular weight is 286 g/mol. The Labute approximate surface area is 125 Å². The van der Waals surface area contributed by atoms with Gasteiger partial charge in [0.15, 0.2) is 0 Å². The molecule has 2 amide bonds. The van der Waals surface area contributed by atoms with E-state index in [0.29, 0.717) is 17.7 Å². The highest BCUT2D eigenvalue weighted by atomic mass is 16.2. The zero-order valence-electron chi connectivity index (χ0n) is 12.2. The van der Waals surface area contributed by atoms with Gasteiger partial charge >= 0.3 is 0 Å². The molecule has 1 aliphatic rings. The van der Waals surface area contributed by atoms with Crippen molar-refractivity contribution in [3.63, 3.8) is 0 Å². The van der Waals surface area contributed by atoms with Gasteiger partial charge in [-0.3, -0.25) is 9.59 Å². The van der Waals surface area contributed by atoms with Crippen LogP contribution >= 0.6 is 0 Å². The molecule has 112 valence electrons. The quantitative estimate of drug-likeness (QED) is 0.789. The van der Waals surface area contributed by atoms with Crippen LogP contribution in [0.4, 0.5) is 0 Å². The largest absolute Gasteiger partial charge is 0.366 e. The summed E-state index contributed by atoms with van der Waals surface area (Å²) in [5, 5.41) is 3.01. The summed E-state index contributed by atoms with van der Waals surface area (Å²) in [5.41, 5.74) is 6.31. The van der Waals surface area contributed by atoms with E-state index in [9.17, 15) is 9.59 Å². The van der Waals surface area contributed by atoms with E-state index in [4.69, 9.17) is 5.73 Å². The Morgan fingerprint density at radius 1 is 1.19 bits per heavy atom. The molecular formula is C17H22N2O2. The van der Waals surface area contributed by atoms with Crippen LogP contribution in [0.15, 0.2) is 36.9 Å². The predicted octanol–water partition coefficient (Wildman–Crippen LogP) is 2.65. The van der Waals surface area contributed by atoms with E-state index in [1.165, 1.54) is 12.8 Å². The molecule has 0 aliphatic heterocycles. The monoisotopic (exact) mass is 286 g/mol. The minimum absolute atomic E-state index is 0.110. The Hall–Kier alpha value is -2.10. The van der Waals surface area contributed by atoms with Gasteiger partial charge in [0.05, 0.1) is 0 Å². The van der Waals surface area contributed by atoms with Gasteiger partial charge in [-0.2, -0.15) is 0 Å². The van der Waals surface area contributed by atoms with Crippen molar-refractivity contribution in [3.8, 4) is 0 Å². The zero-order chi connectivity index (χ0) is 15.3. The maximum atomic E-state index is 12.2. The second-order valence-electron chi connectivity index (χ2n) is 5.82. The van der Waals surface area contributed by atoms with Crippen LogP contribution in [-0.4, -0.2) is 18.4 Å². The van der Waals surface area contributed by atoms with Crippen molar-refractivity contribution in [2.45, 2.75) is 32.1 Å². The number of hydrogen-bond acceptors (Lipinski definition) is 2. The Kier molecular flexibility index (Phi) is 4.78. The molecule has 2 rings (SSSR count). The number of carbonyl (C=O) groups excluding carboxylic acids is 2. The molecule has 0 unspecified atom stereocenters. The summed E-state index contributed by atoms with van der Waals surface area (Å²) in [6.07, 6.45) is 7.60. The van der Waals surface area contributed by atoms with Crippen LogP contribution in [0.5, 0.6) is 0 Å². The molecule has 1 aromatic carbocycles. The fraction of sp³-hybridized carbons (Fsp3) is 0.412. The second-order valence-corrected chi connectivity index (χ2v) is 5.82. The maximum Gasteiger partial charge on any atom is 0.251 e. The van der Waals surface area contributed by atoms with Crippen LogP contribution in [0.25, 0.3) is 0 Å². The van der Waals surface area contributed by atoms with E-state index in [0.717, 1.165) is 19.3 Å². The summed E-state index contributed by atoms with van der Waals surface area (Å²) < 4.78 is 0. The van der Waals surface area contributed by atoms with Gasteiger partial charge in [0.1, 0.15) is 0 Å². The lowest BCUT2D eigenvalue weighted by molar-refractivity contribution is 0.0928. The van der Waals surface area contributed by atoms with Gasteiger partial charge in [-0.15, -0.1) is 6.58 Å². The number of rotatable bonds is 6. The van der Waals surface area contributed by atoms with E-state index in [1.54, 1.807) is 24.3 Å². The Balaban J connectivity index is 1.97. The normalized spacial score (nSPS) is 16.4. The summed E-state index contributed by atoms with van der Waals surface area (Å²) in [4.78, 5) is 23.2. The third kappa shape index (κ3) is 3.72. The molecule has 1 aromatic rings. The van der Waals surface area contributed by atoms with E-state index in [1.807, 2.05) is 6.08 Å². The average Bonchev–Trinajstić information content (AvgIpc) is 2.94. The molecule has 4 nitrogen and oxygen atoms in total. The molecule has 0 saturated heterocycles. The molecule has 0 atom stereocenters. The summed E-state index contributed by atoms with van der Waals surface area (Å²) in [6, 6.07) is 6.41. The first kappa shape index (κ1) is 15.3. The van der Waals surface area contributed by atoms with Crippen LogP contribution in [0.1, 0.15) is 52.8 Å². The summed E-state index contributed by atoms with van der Waals surface area (Å²) in [5.74, 6) is -0.598. The third-order valence-electron chi connectivity index (χ3n) is 4.30. The van der Waals surface area contributed by atoms with Crippen molar-refractivity contribution in [1.29, 1.82) is 0 Å². The van der Waals surface area contributed by atoms with E-state index < -0.39 is 5.91 Å². The fourth-order valence-electron chi connectivity index (χ4n) is 3.04. The van der Waals surface area contributed by atoms with Crippen LogP contribution < -0.4 is 11.1 Å². The molecule has 0 heterocycles. The lowest BCUT2D eigenvalue weighted by atomic mass is 9.82. The molecule has 0 radical (unpaired) electrons. The fourth-order valence-corrected chi connectivity index (χ4v) is 3.04. The number of benzene rings is 1. The molecule has 21 heavy (non-hydrogen) atoms. The van der Waals surface area contributed by atoms with E-state index >= 15 is 0 Å². The van der Waals surface area contributed by atoms with Crippen molar-refractivity contribution >= 4 is 11.8 Å². The first-order valence-electron chi connectivity index (χ1n) is 7.35. The summed E-state index contributed by atoms with van der Waals surface area (Å²) in [7, 11) is 0. The molecule has 1 aliphatic carbocycles. The van der Waals surface area contributed by atoms with Gasteiger partial charge in [-0.1, -0.05) is 18.9 Å². The molecule has 0 bridgehead atoms. The number of amides is 2. The van der Waals surface area contributed by atoms with E-state index in [2.05, 4.69) is 11.9 Å². The van der Waals surface area contributed by atoms with Crippen molar-refractivity contribution < 1.29 is 9.59 Å². The Morgan fingerprint density at radius 2 is 1.76 bits per heavy atom.